The summed E-state index contributed by atoms with van der Waals surface area (Å²) in [5.41, 5.74) is -0.201. The van der Waals surface area contributed by atoms with Gasteiger partial charge in [-0.3, -0.25) is 4.72 Å². The number of H-pyrrole nitrogens is 1. The average Bonchev–Trinajstić information content (AvgIpc) is 2.97. The fraction of sp³-hybridized carbons (Fsp3) is 0.364. The molecule has 2 aromatic heterocycles. The fourth-order valence-electron chi connectivity index (χ4n) is 1.55. The van der Waals surface area contributed by atoms with E-state index in [1.54, 1.807) is 0 Å². The smallest absolute Gasteiger partial charge is 0.352 e. The van der Waals surface area contributed by atoms with Gasteiger partial charge in [-0.2, -0.15) is 0 Å². The average molecular weight is 330 g/mol. The molecule has 2 aromatic rings. The second-order valence-electron chi connectivity index (χ2n) is 4.76. The van der Waals surface area contributed by atoms with Gasteiger partial charge >= 0.3 is 5.97 Å². The molecule has 0 unspecified atom stereocenters. The second kappa shape index (κ2) is 5.82. The van der Waals surface area contributed by atoms with Gasteiger partial charge in [-0.05, 0) is 12.0 Å². The molecule has 10 heteroatoms. The molecule has 2 rings (SSSR count). The van der Waals surface area contributed by atoms with E-state index in [1.807, 2.05) is 13.8 Å². The Morgan fingerprint density at radius 1 is 1.48 bits per heavy atom. The number of hydrogen-bond donors (Lipinski definition) is 3. The van der Waals surface area contributed by atoms with Crippen LogP contribution in [0.2, 0.25) is 0 Å². The maximum Gasteiger partial charge on any atom is 0.352 e. The molecule has 2 heterocycles. The summed E-state index contributed by atoms with van der Waals surface area (Å²) < 4.78 is 26.5. The summed E-state index contributed by atoms with van der Waals surface area (Å²) in [5, 5.41) is 17.3. The van der Waals surface area contributed by atoms with Crippen molar-refractivity contribution in [2.24, 2.45) is 5.92 Å². The maximum absolute atomic E-state index is 12.1. The van der Waals surface area contributed by atoms with Gasteiger partial charge in [0.2, 0.25) is 5.13 Å². The van der Waals surface area contributed by atoms with E-state index in [0.717, 1.165) is 28.6 Å². The quantitative estimate of drug-likeness (QED) is 0.738. The zero-order valence-electron chi connectivity index (χ0n) is 11.3. The Morgan fingerprint density at radius 3 is 2.76 bits per heavy atom. The van der Waals surface area contributed by atoms with Crippen LogP contribution in [0.1, 0.15) is 29.3 Å². The van der Waals surface area contributed by atoms with Gasteiger partial charge < -0.3 is 10.1 Å². The van der Waals surface area contributed by atoms with Gasteiger partial charge in [-0.15, -0.1) is 10.2 Å². The molecular formula is C11H14N4O4S2. The van der Waals surface area contributed by atoms with E-state index < -0.39 is 16.0 Å². The number of nitrogens with zero attached hydrogens (tertiary/aromatic N) is 2. The van der Waals surface area contributed by atoms with Crippen LogP contribution >= 0.6 is 11.3 Å². The van der Waals surface area contributed by atoms with Crippen molar-refractivity contribution in [2.75, 3.05) is 4.72 Å². The fourth-order valence-corrected chi connectivity index (χ4v) is 3.73. The van der Waals surface area contributed by atoms with Gasteiger partial charge in [0.1, 0.15) is 15.6 Å². The molecule has 114 valence electrons. The van der Waals surface area contributed by atoms with Gasteiger partial charge in [-0.1, -0.05) is 25.2 Å². The van der Waals surface area contributed by atoms with E-state index >= 15 is 0 Å². The molecule has 8 nitrogen and oxygen atoms in total. The van der Waals surface area contributed by atoms with Crippen molar-refractivity contribution in [1.29, 1.82) is 0 Å². The minimum Gasteiger partial charge on any atom is -0.477 e. The molecule has 0 radical (unpaired) electrons. The third kappa shape index (κ3) is 3.79. The molecule has 0 aliphatic heterocycles. The van der Waals surface area contributed by atoms with E-state index in [4.69, 9.17) is 5.11 Å². The van der Waals surface area contributed by atoms with Crippen molar-refractivity contribution in [3.05, 3.63) is 23.0 Å². The Hall–Kier alpha value is -1.94. The number of nitrogens with one attached hydrogen (secondary N) is 2. The van der Waals surface area contributed by atoms with Crippen LogP contribution in [-0.2, 0) is 16.4 Å². The number of carboxylic acids is 1. The number of rotatable bonds is 6. The molecule has 0 fully saturated rings. The second-order valence-corrected chi connectivity index (χ2v) is 7.50. The minimum absolute atomic E-state index is 0.156. The predicted octanol–water partition coefficient (Wildman–Crippen LogP) is 1.56. The number of aromatic nitrogens is 3. The number of aromatic carboxylic acids is 1. The number of sulfonamides is 1. The molecular weight excluding hydrogens is 316 g/mol. The largest absolute Gasteiger partial charge is 0.477 e. The Morgan fingerprint density at radius 2 is 2.19 bits per heavy atom. The zero-order valence-corrected chi connectivity index (χ0v) is 13.0. The van der Waals surface area contributed by atoms with E-state index in [1.165, 1.54) is 0 Å². The number of carboxylic acid groups (broad SMARTS) is 1. The van der Waals surface area contributed by atoms with Crippen LogP contribution in [0.3, 0.4) is 0 Å². The van der Waals surface area contributed by atoms with Crippen molar-refractivity contribution in [3.63, 3.8) is 0 Å². The topological polar surface area (TPSA) is 125 Å². The van der Waals surface area contributed by atoms with Crippen molar-refractivity contribution < 1.29 is 18.3 Å². The summed E-state index contributed by atoms with van der Waals surface area (Å²) in [6.07, 6.45) is 1.83. The molecule has 21 heavy (non-hydrogen) atoms. The Balaban J connectivity index is 2.16. The van der Waals surface area contributed by atoms with Crippen LogP contribution in [0.4, 0.5) is 5.13 Å². The lowest BCUT2D eigenvalue weighted by Gasteiger charge is -2.01. The highest BCUT2D eigenvalue weighted by Crippen LogP contribution is 2.22. The first kappa shape index (κ1) is 15.4. The Labute approximate surface area is 125 Å². The normalized spacial score (nSPS) is 11.8. The van der Waals surface area contributed by atoms with Gasteiger partial charge in [0.05, 0.1) is 0 Å². The van der Waals surface area contributed by atoms with Crippen LogP contribution < -0.4 is 4.72 Å². The molecule has 0 aromatic carbocycles. The van der Waals surface area contributed by atoms with Crippen molar-refractivity contribution in [2.45, 2.75) is 25.2 Å². The third-order valence-corrected chi connectivity index (χ3v) is 4.78. The van der Waals surface area contributed by atoms with Crippen LogP contribution in [0.25, 0.3) is 0 Å². The lowest BCUT2D eigenvalue weighted by atomic mass is 10.1. The summed E-state index contributed by atoms with van der Waals surface area (Å²) in [6.45, 7) is 4.05. The van der Waals surface area contributed by atoms with Gasteiger partial charge in [0.25, 0.3) is 10.0 Å². The van der Waals surface area contributed by atoms with Gasteiger partial charge in [0.15, 0.2) is 0 Å². The van der Waals surface area contributed by atoms with E-state index in [0.29, 0.717) is 12.3 Å². The van der Waals surface area contributed by atoms with Crippen molar-refractivity contribution in [1.82, 2.24) is 15.2 Å². The number of anilines is 1. The van der Waals surface area contributed by atoms with E-state index in [9.17, 15) is 13.2 Å². The van der Waals surface area contributed by atoms with Crippen LogP contribution in [0.15, 0.2) is 17.2 Å². The molecule has 3 N–H and O–H groups in total. The van der Waals surface area contributed by atoms with Crippen LogP contribution in [0.5, 0.6) is 0 Å². The van der Waals surface area contributed by atoms with E-state index in [2.05, 4.69) is 19.9 Å². The minimum atomic E-state index is -3.88. The molecule has 0 saturated heterocycles. The van der Waals surface area contributed by atoms with Gasteiger partial charge in [-0.25, -0.2) is 13.2 Å². The lowest BCUT2D eigenvalue weighted by molar-refractivity contribution is 0.0691. The predicted molar refractivity (Wildman–Crippen MR) is 77.0 cm³/mol. The first-order valence-corrected chi connectivity index (χ1v) is 8.35. The highest BCUT2D eigenvalue weighted by molar-refractivity contribution is 7.93. The molecule has 0 aliphatic rings. The molecule has 0 amide bonds. The maximum atomic E-state index is 12.1. The van der Waals surface area contributed by atoms with Crippen LogP contribution in [0, 0.1) is 5.92 Å². The van der Waals surface area contributed by atoms with Crippen molar-refractivity contribution in [3.8, 4) is 0 Å². The highest BCUT2D eigenvalue weighted by atomic mass is 32.2. The molecule has 0 spiro atoms. The summed E-state index contributed by atoms with van der Waals surface area (Å²) in [7, 11) is -3.88. The highest BCUT2D eigenvalue weighted by Gasteiger charge is 2.20. The third-order valence-electron chi connectivity index (χ3n) is 2.47. The summed E-state index contributed by atoms with van der Waals surface area (Å²) >= 11 is 1.16. The summed E-state index contributed by atoms with van der Waals surface area (Å²) in [4.78, 5) is 12.9. The monoisotopic (exact) mass is 330 g/mol. The van der Waals surface area contributed by atoms with Crippen molar-refractivity contribution >= 4 is 32.5 Å². The Bertz CT molecular complexity index is 748. The summed E-state index contributed by atoms with van der Waals surface area (Å²) in [5.74, 6) is -0.836. The van der Waals surface area contributed by atoms with Gasteiger partial charge in [0, 0.05) is 12.6 Å². The number of hydrogen-bond acceptors (Lipinski definition) is 6. The molecule has 0 aliphatic carbocycles. The van der Waals surface area contributed by atoms with Crippen LogP contribution in [-0.4, -0.2) is 34.7 Å². The number of aromatic amines is 1. The summed E-state index contributed by atoms with van der Waals surface area (Å²) in [6, 6.07) is 1.04. The Kier molecular flexibility index (Phi) is 4.28. The molecule has 0 saturated carbocycles. The SMILES string of the molecule is CC(C)Cc1nnc(NS(=O)(=O)c2c[nH]c(C(=O)O)c2)s1. The molecule has 0 atom stereocenters. The number of carbonyl (C=O) groups is 1. The zero-order chi connectivity index (χ0) is 15.6. The molecule has 0 bridgehead atoms. The van der Waals surface area contributed by atoms with E-state index in [-0.39, 0.29) is 15.7 Å². The standard InChI is InChI=1S/C11H14N4O4S2/c1-6(2)3-9-13-14-11(20-9)15-21(18,19)7-4-8(10(16)17)12-5-7/h4-6,12H,3H2,1-2H3,(H,14,15)(H,16,17). The first-order valence-electron chi connectivity index (χ1n) is 6.05. The lowest BCUT2D eigenvalue weighted by Crippen LogP contribution is -2.12. The first-order chi connectivity index (χ1) is 9.78.